The number of hydrogen-bond donors (Lipinski definition) is 1. The lowest BCUT2D eigenvalue weighted by molar-refractivity contribution is -0.130. The molecular weight excluding hydrogens is 366 g/mol. The molecule has 1 aliphatic heterocycles. The number of nitrogens with one attached hydrogen (secondary N) is 1. The summed E-state index contributed by atoms with van der Waals surface area (Å²) in [6, 6.07) is 7.31. The van der Waals surface area contributed by atoms with Crippen LogP contribution in [0.15, 0.2) is 24.3 Å². The fraction of sp³-hybridized carbons (Fsp3) is 0.435. The van der Waals surface area contributed by atoms with Crippen LogP contribution in [0.2, 0.25) is 0 Å². The first-order chi connectivity index (χ1) is 13.8. The molecule has 1 aliphatic carbocycles. The number of benzene rings is 1. The first-order valence-corrected chi connectivity index (χ1v) is 10.2. The van der Waals surface area contributed by atoms with E-state index in [0.29, 0.717) is 5.56 Å². The summed E-state index contributed by atoms with van der Waals surface area (Å²) >= 11 is 0. The lowest BCUT2D eigenvalue weighted by Gasteiger charge is -2.23. The van der Waals surface area contributed by atoms with Gasteiger partial charge in [0.25, 0.3) is 5.91 Å². The minimum absolute atomic E-state index is 0.223. The number of urea groups is 1. The van der Waals surface area contributed by atoms with Crippen molar-refractivity contribution in [1.29, 1.82) is 0 Å². The largest absolute Gasteiger partial charge is 0.349 e. The van der Waals surface area contributed by atoms with Crippen LogP contribution in [0.3, 0.4) is 0 Å². The second-order valence-corrected chi connectivity index (χ2v) is 8.24. The Balaban J connectivity index is 1.59. The summed E-state index contributed by atoms with van der Waals surface area (Å²) in [6.45, 7) is 8.10. The van der Waals surface area contributed by atoms with Crippen molar-refractivity contribution in [3.8, 4) is 0 Å². The summed E-state index contributed by atoms with van der Waals surface area (Å²) in [4.78, 5) is 39.8. The molecule has 0 saturated carbocycles. The van der Waals surface area contributed by atoms with Gasteiger partial charge in [-0.05, 0) is 69.7 Å². The highest BCUT2D eigenvalue weighted by Crippen LogP contribution is 2.32. The van der Waals surface area contributed by atoms with Crippen LogP contribution in [0.1, 0.15) is 58.7 Å². The van der Waals surface area contributed by atoms with E-state index in [9.17, 15) is 14.4 Å². The number of hydrogen-bond acceptors (Lipinski definition) is 3. The topological polar surface area (TPSA) is 71.4 Å². The molecule has 2 aromatic rings. The maximum absolute atomic E-state index is 13.2. The fourth-order valence-corrected chi connectivity index (χ4v) is 4.72. The Morgan fingerprint density at radius 2 is 1.86 bits per heavy atom. The van der Waals surface area contributed by atoms with Gasteiger partial charge in [-0.15, -0.1) is 0 Å². The Morgan fingerprint density at radius 3 is 2.55 bits per heavy atom. The molecule has 6 nitrogen and oxygen atoms in total. The first kappa shape index (κ1) is 19.4. The molecule has 1 N–H and O–H groups in total. The van der Waals surface area contributed by atoms with Crippen molar-refractivity contribution >= 4 is 17.7 Å². The molecule has 152 valence electrons. The first-order valence-electron chi connectivity index (χ1n) is 10.2. The number of amides is 3. The summed E-state index contributed by atoms with van der Waals surface area (Å²) < 4.78 is 2.05. The predicted molar refractivity (Wildman–Crippen MR) is 110 cm³/mol. The molecule has 0 radical (unpaired) electrons. The number of aromatic nitrogens is 1. The molecule has 1 atom stereocenters. The molecule has 1 fully saturated rings. The predicted octanol–water partition coefficient (Wildman–Crippen LogP) is 3.26. The van der Waals surface area contributed by atoms with Gasteiger partial charge in [-0.3, -0.25) is 14.5 Å². The average molecular weight is 393 g/mol. The van der Waals surface area contributed by atoms with Crippen molar-refractivity contribution in [2.45, 2.75) is 59.0 Å². The Hall–Kier alpha value is -2.89. The number of carbonyl (C=O) groups excluding carboxylic acids is 3. The van der Waals surface area contributed by atoms with E-state index in [1.54, 1.807) is 6.92 Å². The highest BCUT2D eigenvalue weighted by molar-refractivity contribution is 6.11. The zero-order valence-electron chi connectivity index (χ0n) is 17.5. The number of nitrogens with zero attached hydrogens (tertiary/aromatic N) is 2. The molecule has 2 heterocycles. The fourth-order valence-electron chi connectivity index (χ4n) is 4.72. The standard InChI is InChI=1S/C23H27N3O3/c1-5-25-14(2)11-19(15(25)3)20(27)13-26-21(28)23(4,24-22(26)29)18-10-9-16-7-6-8-17(16)12-18/h9-12H,5-8,13H2,1-4H3,(H,24,29)/t23-/m1/s1. The van der Waals surface area contributed by atoms with E-state index in [1.165, 1.54) is 11.1 Å². The molecule has 3 amide bonds. The normalized spacial score (nSPS) is 20.9. The van der Waals surface area contributed by atoms with E-state index in [-0.39, 0.29) is 18.2 Å². The molecule has 1 aromatic heterocycles. The van der Waals surface area contributed by atoms with Crippen molar-refractivity contribution in [3.05, 3.63) is 57.9 Å². The third-order valence-electron chi connectivity index (χ3n) is 6.44. The zero-order chi connectivity index (χ0) is 20.9. The highest BCUT2D eigenvalue weighted by Gasteiger charge is 2.49. The number of aryl methyl sites for hydroxylation is 3. The van der Waals surface area contributed by atoms with Gasteiger partial charge in [-0.2, -0.15) is 0 Å². The monoisotopic (exact) mass is 393 g/mol. The SMILES string of the molecule is CCn1c(C)cc(C(=O)CN2C(=O)N[C@](C)(c3ccc4c(c3)CCC4)C2=O)c1C. The molecule has 1 saturated heterocycles. The Labute approximate surface area is 170 Å². The minimum atomic E-state index is -1.14. The number of ketones is 1. The molecule has 4 rings (SSSR count). The van der Waals surface area contributed by atoms with Crippen LogP contribution in [0.5, 0.6) is 0 Å². The van der Waals surface area contributed by atoms with Gasteiger partial charge in [0.15, 0.2) is 5.78 Å². The van der Waals surface area contributed by atoms with E-state index in [0.717, 1.165) is 47.7 Å². The highest BCUT2D eigenvalue weighted by atomic mass is 16.2. The molecular formula is C23H27N3O3. The van der Waals surface area contributed by atoms with E-state index < -0.39 is 11.6 Å². The van der Waals surface area contributed by atoms with Gasteiger partial charge >= 0.3 is 6.03 Å². The maximum atomic E-state index is 13.2. The van der Waals surface area contributed by atoms with E-state index >= 15 is 0 Å². The van der Waals surface area contributed by atoms with Crippen LogP contribution in [0.4, 0.5) is 4.79 Å². The zero-order valence-corrected chi connectivity index (χ0v) is 17.5. The van der Waals surface area contributed by atoms with Crippen molar-refractivity contribution in [2.24, 2.45) is 0 Å². The summed E-state index contributed by atoms with van der Waals surface area (Å²) in [7, 11) is 0. The third-order valence-corrected chi connectivity index (χ3v) is 6.44. The molecule has 0 bridgehead atoms. The lowest BCUT2D eigenvalue weighted by Crippen LogP contribution is -2.41. The van der Waals surface area contributed by atoms with Gasteiger partial charge in [-0.25, -0.2) is 4.79 Å². The van der Waals surface area contributed by atoms with Crippen LogP contribution in [0.25, 0.3) is 0 Å². The number of fused-ring (bicyclic) bond motifs is 1. The molecule has 6 heteroatoms. The molecule has 0 unspecified atom stereocenters. The van der Waals surface area contributed by atoms with E-state index in [1.807, 2.05) is 43.5 Å². The number of imide groups is 1. The van der Waals surface area contributed by atoms with Crippen molar-refractivity contribution in [3.63, 3.8) is 0 Å². The maximum Gasteiger partial charge on any atom is 0.325 e. The van der Waals surface area contributed by atoms with Crippen LogP contribution in [0, 0.1) is 13.8 Å². The van der Waals surface area contributed by atoms with Gasteiger partial charge in [-0.1, -0.05) is 18.2 Å². The van der Waals surface area contributed by atoms with Gasteiger partial charge in [0, 0.05) is 23.5 Å². The summed E-state index contributed by atoms with van der Waals surface area (Å²) in [5.41, 5.74) is 4.61. The number of rotatable bonds is 5. The van der Waals surface area contributed by atoms with E-state index in [4.69, 9.17) is 0 Å². The van der Waals surface area contributed by atoms with Gasteiger partial charge in [0.2, 0.25) is 0 Å². The van der Waals surface area contributed by atoms with Crippen LogP contribution in [-0.4, -0.2) is 33.7 Å². The average Bonchev–Trinajstić information content (AvgIpc) is 3.33. The van der Waals surface area contributed by atoms with Gasteiger partial charge < -0.3 is 9.88 Å². The number of Topliss-reactive ketones (excluding diaryl/α,β-unsaturated/α-hetero) is 1. The van der Waals surface area contributed by atoms with Crippen LogP contribution < -0.4 is 5.32 Å². The van der Waals surface area contributed by atoms with Crippen molar-refractivity contribution in [2.75, 3.05) is 6.54 Å². The summed E-state index contributed by atoms with van der Waals surface area (Å²) in [5.74, 6) is -0.599. The second-order valence-electron chi connectivity index (χ2n) is 8.24. The Morgan fingerprint density at radius 1 is 1.14 bits per heavy atom. The van der Waals surface area contributed by atoms with Crippen molar-refractivity contribution in [1.82, 2.24) is 14.8 Å². The second kappa shape index (κ2) is 6.87. The molecule has 1 aromatic carbocycles. The molecule has 2 aliphatic rings. The van der Waals surface area contributed by atoms with Crippen molar-refractivity contribution < 1.29 is 14.4 Å². The smallest absolute Gasteiger partial charge is 0.325 e. The van der Waals surface area contributed by atoms with Gasteiger partial charge in [0.05, 0.1) is 6.54 Å². The van der Waals surface area contributed by atoms with Crippen LogP contribution in [-0.2, 0) is 29.7 Å². The summed E-state index contributed by atoms with van der Waals surface area (Å²) in [6.07, 6.45) is 3.17. The molecule has 0 spiro atoms. The molecule has 29 heavy (non-hydrogen) atoms. The Bertz CT molecular complexity index is 1040. The van der Waals surface area contributed by atoms with Crippen LogP contribution >= 0.6 is 0 Å². The summed E-state index contributed by atoms with van der Waals surface area (Å²) in [5, 5.41) is 2.82. The number of carbonyl (C=O) groups is 3. The lowest BCUT2D eigenvalue weighted by atomic mass is 9.89. The van der Waals surface area contributed by atoms with E-state index in [2.05, 4.69) is 11.4 Å². The minimum Gasteiger partial charge on any atom is -0.349 e. The Kier molecular flexibility index (Phi) is 4.60. The van der Waals surface area contributed by atoms with Gasteiger partial charge in [0.1, 0.15) is 5.54 Å². The third kappa shape index (κ3) is 2.98. The quantitative estimate of drug-likeness (QED) is 0.626.